The summed E-state index contributed by atoms with van der Waals surface area (Å²) < 4.78 is 37.1. The first-order valence-electron chi connectivity index (χ1n) is 8.92. The van der Waals surface area contributed by atoms with Gasteiger partial charge in [0.1, 0.15) is 0 Å². The van der Waals surface area contributed by atoms with Crippen LogP contribution in [0.3, 0.4) is 0 Å². The number of rotatable bonds is 14. The van der Waals surface area contributed by atoms with Crippen LogP contribution in [0.4, 0.5) is 0 Å². The van der Waals surface area contributed by atoms with E-state index in [9.17, 15) is 13.2 Å². The van der Waals surface area contributed by atoms with Gasteiger partial charge in [-0.15, -0.1) is 0 Å². The highest BCUT2D eigenvalue weighted by molar-refractivity contribution is 7.89. The minimum atomic E-state index is -3.49. The van der Waals surface area contributed by atoms with Crippen LogP contribution in [0.5, 0.6) is 0 Å². The highest BCUT2D eigenvalue weighted by Gasteiger charge is 2.11. The number of hydrogen-bond donors (Lipinski definition) is 2. The van der Waals surface area contributed by atoms with Gasteiger partial charge in [-0.2, -0.15) is 0 Å². The van der Waals surface area contributed by atoms with Crippen LogP contribution in [0.25, 0.3) is 0 Å². The van der Waals surface area contributed by atoms with E-state index in [-0.39, 0.29) is 24.0 Å². The van der Waals surface area contributed by atoms with Crippen molar-refractivity contribution < 1.29 is 22.7 Å². The van der Waals surface area contributed by atoms with Crippen LogP contribution in [0.1, 0.15) is 26.7 Å². The Balaban J connectivity index is 1.97. The molecule has 0 aliphatic rings. The van der Waals surface area contributed by atoms with Crippen molar-refractivity contribution in [3.63, 3.8) is 0 Å². The van der Waals surface area contributed by atoms with Crippen molar-refractivity contribution >= 4 is 15.9 Å². The molecule has 1 aromatic rings. The SMILES string of the molecule is CCC(C)CC(=O)NCCOCCOCCNS(=O)(=O)c1ccccc1. The van der Waals surface area contributed by atoms with Crippen molar-refractivity contribution in [1.82, 2.24) is 10.0 Å². The summed E-state index contributed by atoms with van der Waals surface area (Å²) in [7, 11) is -3.49. The summed E-state index contributed by atoms with van der Waals surface area (Å²) in [6.07, 6.45) is 1.53. The molecule has 7 nitrogen and oxygen atoms in total. The lowest BCUT2D eigenvalue weighted by molar-refractivity contribution is -0.122. The fraction of sp³-hybridized carbons (Fsp3) is 0.611. The van der Waals surface area contributed by atoms with E-state index in [1.165, 1.54) is 0 Å². The smallest absolute Gasteiger partial charge is 0.240 e. The van der Waals surface area contributed by atoms with Crippen molar-refractivity contribution in [3.8, 4) is 0 Å². The standard InChI is InChI=1S/C18H30N2O5S/c1-3-16(2)15-18(21)19-9-11-24-13-14-25-12-10-20-26(22,23)17-7-5-4-6-8-17/h4-8,16,20H,3,9-15H2,1-2H3,(H,19,21). The summed E-state index contributed by atoms with van der Waals surface area (Å²) in [6.45, 7) is 6.24. The van der Waals surface area contributed by atoms with E-state index in [2.05, 4.69) is 17.0 Å². The average molecular weight is 387 g/mol. The molecule has 0 saturated carbocycles. The Kier molecular flexibility index (Phi) is 11.1. The zero-order chi connectivity index (χ0) is 19.3. The van der Waals surface area contributed by atoms with Crippen LogP contribution in [-0.2, 0) is 24.3 Å². The lowest BCUT2D eigenvalue weighted by atomic mass is 10.1. The molecule has 0 spiro atoms. The van der Waals surface area contributed by atoms with Gasteiger partial charge < -0.3 is 14.8 Å². The van der Waals surface area contributed by atoms with Gasteiger partial charge >= 0.3 is 0 Å². The average Bonchev–Trinajstić information content (AvgIpc) is 2.63. The lowest BCUT2D eigenvalue weighted by Gasteiger charge is -2.10. The number of sulfonamides is 1. The molecule has 1 aromatic carbocycles. The Morgan fingerprint density at radius 3 is 2.27 bits per heavy atom. The van der Waals surface area contributed by atoms with Crippen LogP contribution < -0.4 is 10.0 Å². The Morgan fingerprint density at radius 2 is 1.65 bits per heavy atom. The second-order valence-corrected chi connectivity index (χ2v) is 7.77. The predicted molar refractivity (Wildman–Crippen MR) is 100 cm³/mol. The first-order valence-corrected chi connectivity index (χ1v) is 10.4. The highest BCUT2D eigenvalue weighted by Crippen LogP contribution is 2.06. The molecule has 0 aliphatic carbocycles. The van der Waals surface area contributed by atoms with Gasteiger partial charge in [0.25, 0.3) is 0 Å². The van der Waals surface area contributed by atoms with E-state index >= 15 is 0 Å². The van der Waals surface area contributed by atoms with E-state index in [0.29, 0.717) is 38.7 Å². The fourth-order valence-corrected chi connectivity index (χ4v) is 3.08. The van der Waals surface area contributed by atoms with Crippen LogP contribution in [0, 0.1) is 5.92 Å². The van der Waals surface area contributed by atoms with Crippen molar-refractivity contribution in [3.05, 3.63) is 30.3 Å². The van der Waals surface area contributed by atoms with Crippen LogP contribution in [0.15, 0.2) is 35.2 Å². The number of hydrogen-bond acceptors (Lipinski definition) is 5. The first-order chi connectivity index (χ1) is 12.5. The van der Waals surface area contributed by atoms with Crippen molar-refractivity contribution in [2.24, 2.45) is 5.92 Å². The molecule has 0 bridgehead atoms. The number of nitrogens with one attached hydrogen (secondary N) is 2. The quantitative estimate of drug-likeness (QED) is 0.473. The van der Waals surface area contributed by atoms with E-state index in [1.807, 2.05) is 6.92 Å². The van der Waals surface area contributed by atoms with Crippen LogP contribution >= 0.6 is 0 Å². The maximum atomic E-state index is 12.0. The van der Waals surface area contributed by atoms with E-state index in [1.54, 1.807) is 30.3 Å². The second-order valence-electron chi connectivity index (χ2n) is 6.00. The molecular weight excluding hydrogens is 356 g/mol. The molecule has 0 saturated heterocycles. The van der Waals surface area contributed by atoms with Crippen molar-refractivity contribution in [1.29, 1.82) is 0 Å². The Labute approximate surface area is 156 Å². The molecule has 1 atom stereocenters. The van der Waals surface area contributed by atoms with Gasteiger partial charge in [0.15, 0.2) is 0 Å². The number of benzene rings is 1. The van der Waals surface area contributed by atoms with Crippen LogP contribution in [0.2, 0.25) is 0 Å². The Bertz CT molecular complexity index is 607. The highest BCUT2D eigenvalue weighted by atomic mass is 32.2. The molecule has 1 rings (SSSR count). The summed E-state index contributed by atoms with van der Waals surface area (Å²) in [5.74, 6) is 0.438. The largest absolute Gasteiger partial charge is 0.378 e. The Morgan fingerprint density at radius 1 is 1.04 bits per heavy atom. The molecule has 26 heavy (non-hydrogen) atoms. The van der Waals surface area contributed by atoms with Crippen molar-refractivity contribution in [2.75, 3.05) is 39.5 Å². The molecule has 1 unspecified atom stereocenters. The molecule has 2 N–H and O–H groups in total. The molecule has 0 fully saturated rings. The van der Waals surface area contributed by atoms with Gasteiger partial charge in [-0.05, 0) is 18.1 Å². The first kappa shape index (κ1) is 22.6. The van der Waals surface area contributed by atoms with E-state index in [0.717, 1.165) is 6.42 Å². The number of carbonyl (C=O) groups excluding carboxylic acids is 1. The molecular formula is C18H30N2O5S. The van der Waals surface area contributed by atoms with E-state index < -0.39 is 10.0 Å². The minimum absolute atomic E-state index is 0.0462. The molecule has 148 valence electrons. The van der Waals surface area contributed by atoms with Gasteiger partial charge in [0.05, 0.1) is 31.3 Å². The maximum absolute atomic E-state index is 12.0. The number of ether oxygens (including phenoxy) is 2. The lowest BCUT2D eigenvalue weighted by Crippen LogP contribution is -2.29. The molecule has 1 amide bonds. The topological polar surface area (TPSA) is 93.7 Å². The Hall–Kier alpha value is -1.48. The molecule has 0 radical (unpaired) electrons. The summed E-state index contributed by atoms with van der Waals surface area (Å²) in [4.78, 5) is 11.8. The molecule has 0 aliphatic heterocycles. The molecule has 0 heterocycles. The number of carbonyl (C=O) groups is 1. The van der Waals surface area contributed by atoms with Gasteiger partial charge in [-0.3, -0.25) is 4.79 Å². The second kappa shape index (κ2) is 12.8. The van der Waals surface area contributed by atoms with Gasteiger partial charge in [-0.25, -0.2) is 13.1 Å². The zero-order valence-electron chi connectivity index (χ0n) is 15.6. The third kappa shape index (κ3) is 9.86. The maximum Gasteiger partial charge on any atom is 0.240 e. The third-order valence-electron chi connectivity index (χ3n) is 3.76. The summed E-state index contributed by atoms with van der Waals surface area (Å²) >= 11 is 0. The monoisotopic (exact) mass is 386 g/mol. The zero-order valence-corrected chi connectivity index (χ0v) is 16.4. The minimum Gasteiger partial charge on any atom is -0.378 e. The van der Waals surface area contributed by atoms with Gasteiger partial charge in [0, 0.05) is 19.5 Å². The van der Waals surface area contributed by atoms with Gasteiger partial charge in [0.2, 0.25) is 15.9 Å². The number of amides is 1. The fourth-order valence-electron chi connectivity index (χ4n) is 2.05. The normalized spacial score (nSPS) is 12.7. The summed E-state index contributed by atoms with van der Waals surface area (Å²) in [6, 6.07) is 8.20. The summed E-state index contributed by atoms with van der Waals surface area (Å²) in [5.41, 5.74) is 0. The van der Waals surface area contributed by atoms with Crippen molar-refractivity contribution in [2.45, 2.75) is 31.6 Å². The third-order valence-corrected chi connectivity index (χ3v) is 5.24. The molecule has 8 heteroatoms. The van der Waals surface area contributed by atoms with Crippen LogP contribution in [-0.4, -0.2) is 53.8 Å². The van der Waals surface area contributed by atoms with E-state index in [4.69, 9.17) is 9.47 Å². The van der Waals surface area contributed by atoms with Gasteiger partial charge in [-0.1, -0.05) is 38.5 Å². The molecule has 0 aromatic heterocycles. The predicted octanol–water partition coefficient (Wildman–Crippen LogP) is 1.55. The summed E-state index contributed by atoms with van der Waals surface area (Å²) in [5, 5.41) is 2.81.